The van der Waals surface area contributed by atoms with E-state index in [-0.39, 0.29) is 9.92 Å². The van der Waals surface area contributed by atoms with Crippen LogP contribution in [0.1, 0.15) is 17.5 Å². The fourth-order valence-corrected chi connectivity index (χ4v) is 5.85. The maximum atomic E-state index is 13.1. The number of rotatable bonds is 4. The summed E-state index contributed by atoms with van der Waals surface area (Å²) in [7, 11) is -3.66. The molecule has 0 N–H and O–H groups in total. The van der Waals surface area contributed by atoms with Crippen LogP contribution in [-0.4, -0.2) is 48.8 Å². The van der Waals surface area contributed by atoms with Crippen molar-refractivity contribution >= 4 is 33.2 Å². The standard InChI is InChI=1S/C18H21Cl2N3O2S/c1-14-10-16(19)11-17(20)18(14)26(24,25)23-7-3-6-22(8-9-23)13-15-4-2-5-21-12-15/h2,4-5,10-12H,3,6-9,13H2,1H3. The maximum absolute atomic E-state index is 13.1. The van der Waals surface area contributed by atoms with Gasteiger partial charge in [0.05, 0.1) is 5.02 Å². The maximum Gasteiger partial charge on any atom is 0.244 e. The average molecular weight is 414 g/mol. The Morgan fingerprint density at radius 3 is 2.65 bits per heavy atom. The third kappa shape index (κ3) is 4.38. The number of aryl methyl sites for hydroxylation is 1. The highest BCUT2D eigenvalue weighted by Crippen LogP contribution is 2.31. The van der Waals surface area contributed by atoms with Crippen LogP contribution < -0.4 is 0 Å². The molecule has 140 valence electrons. The van der Waals surface area contributed by atoms with Crippen LogP contribution in [0.4, 0.5) is 0 Å². The Hall–Kier alpha value is -1.18. The van der Waals surface area contributed by atoms with Crippen LogP contribution in [0.2, 0.25) is 10.0 Å². The van der Waals surface area contributed by atoms with E-state index < -0.39 is 10.0 Å². The summed E-state index contributed by atoms with van der Waals surface area (Å²) in [5.41, 5.74) is 1.69. The predicted molar refractivity (Wildman–Crippen MR) is 104 cm³/mol. The van der Waals surface area contributed by atoms with Gasteiger partial charge in [0.1, 0.15) is 4.90 Å². The normalized spacial score (nSPS) is 17.2. The number of nitrogens with zero attached hydrogens (tertiary/aromatic N) is 3. The second-order valence-corrected chi connectivity index (χ2v) is 9.15. The number of aromatic nitrogens is 1. The van der Waals surface area contributed by atoms with Gasteiger partial charge in [-0.05, 0) is 49.2 Å². The summed E-state index contributed by atoms with van der Waals surface area (Å²) in [5, 5.41) is 0.608. The van der Waals surface area contributed by atoms with Gasteiger partial charge in [-0.15, -0.1) is 0 Å². The predicted octanol–water partition coefficient (Wildman–Crippen LogP) is 3.59. The second-order valence-electron chi connectivity index (χ2n) is 6.43. The van der Waals surface area contributed by atoms with Crippen LogP contribution in [0.15, 0.2) is 41.6 Å². The minimum Gasteiger partial charge on any atom is -0.298 e. The summed E-state index contributed by atoms with van der Waals surface area (Å²) >= 11 is 12.2. The molecule has 5 nitrogen and oxygen atoms in total. The summed E-state index contributed by atoms with van der Waals surface area (Å²) in [4.78, 5) is 6.55. The van der Waals surface area contributed by atoms with Crippen molar-refractivity contribution in [3.8, 4) is 0 Å². The number of hydrogen-bond donors (Lipinski definition) is 0. The average Bonchev–Trinajstić information content (AvgIpc) is 2.80. The lowest BCUT2D eigenvalue weighted by Gasteiger charge is -2.23. The van der Waals surface area contributed by atoms with E-state index in [1.165, 1.54) is 10.4 Å². The lowest BCUT2D eigenvalue weighted by atomic mass is 10.2. The van der Waals surface area contributed by atoms with Gasteiger partial charge in [0, 0.05) is 43.6 Å². The number of halogens is 2. The highest BCUT2D eigenvalue weighted by atomic mass is 35.5. The third-order valence-electron chi connectivity index (χ3n) is 4.47. The number of benzene rings is 1. The quantitative estimate of drug-likeness (QED) is 0.768. The molecule has 0 atom stereocenters. The minimum atomic E-state index is -3.66. The molecule has 2 heterocycles. The van der Waals surface area contributed by atoms with Gasteiger partial charge in [-0.25, -0.2) is 8.42 Å². The number of sulfonamides is 1. The summed E-state index contributed by atoms with van der Waals surface area (Å²) < 4.78 is 27.8. The van der Waals surface area contributed by atoms with Gasteiger partial charge in [0.25, 0.3) is 0 Å². The first kappa shape index (κ1) is 19.6. The molecule has 0 radical (unpaired) electrons. The Morgan fingerprint density at radius 2 is 1.96 bits per heavy atom. The topological polar surface area (TPSA) is 53.5 Å². The molecule has 1 aromatic heterocycles. The second kappa shape index (κ2) is 8.23. The monoisotopic (exact) mass is 413 g/mol. The van der Waals surface area contributed by atoms with Crippen LogP contribution in [0.25, 0.3) is 0 Å². The van der Waals surface area contributed by atoms with E-state index >= 15 is 0 Å². The molecule has 0 aliphatic carbocycles. The van der Waals surface area contributed by atoms with Crippen LogP contribution in [0.5, 0.6) is 0 Å². The van der Waals surface area contributed by atoms with Crippen molar-refractivity contribution in [2.75, 3.05) is 26.2 Å². The first-order chi connectivity index (χ1) is 12.4. The van der Waals surface area contributed by atoms with E-state index in [1.54, 1.807) is 19.2 Å². The lowest BCUT2D eigenvalue weighted by molar-refractivity contribution is 0.278. The molecule has 0 saturated carbocycles. The molecule has 1 aliphatic rings. The van der Waals surface area contributed by atoms with Gasteiger partial charge in [-0.3, -0.25) is 9.88 Å². The van der Waals surface area contributed by atoms with Gasteiger partial charge >= 0.3 is 0 Å². The summed E-state index contributed by atoms with van der Waals surface area (Å²) in [6, 6.07) is 7.06. The largest absolute Gasteiger partial charge is 0.298 e. The van der Waals surface area contributed by atoms with E-state index in [4.69, 9.17) is 23.2 Å². The molecular formula is C18H21Cl2N3O2S. The molecule has 2 aromatic rings. The molecule has 0 spiro atoms. The molecule has 1 aromatic carbocycles. The van der Waals surface area contributed by atoms with Crippen LogP contribution in [0, 0.1) is 6.92 Å². The van der Waals surface area contributed by atoms with Crippen molar-refractivity contribution in [1.82, 2.24) is 14.2 Å². The van der Waals surface area contributed by atoms with Gasteiger partial charge in [0.2, 0.25) is 10.0 Å². The van der Waals surface area contributed by atoms with Crippen molar-refractivity contribution in [3.05, 3.63) is 57.8 Å². The van der Waals surface area contributed by atoms with E-state index in [0.717, 1.165) is 25.1 Å². The zero-order valence-corrected chi connectivity index (χ0v) is 16.9. The van der Waals surface area contributed by atoms with E-state index in [2.05, 4.69) is 9.88 Å². The van der Waals surface area contributed by atoms with Crippen LogP contribution in [-0.2, 0) is 16.6 Å². The summed E-state index contributed by atoms with van der Waals surface area (Å²) in [6.07, 6.45) is 4.36. The van der Waals surface area contributed by atoms with Gasteiger partial charge in [-0.2, -0.15) is 4.31 Å². The van der Waals surface area contributed by atoms with Crippen molar-refractivity contribution in [2.24, 2.45) is 0 Å². The highest BCUT2D eigenvalue weighted by molar-refractivity contribution is 7.89. The van der Waals surface area contributed by atoms with Crippen molar-refractivity contribution < 1.29 is 8.42 Å². The lowest BCUT2D eigenvalue weighted by Crippen LogP contribution is -2.35. The smallest absolute Gasteiger partial charge is 0.244 e. The fraction of sp³-hybridized carbons (Fsp3) is 0.389. The van der Waals surface area contributed by atoms with Crippen LogP contribution >= 0.6 is 23.2 Å². The molecule has 1 saturated heterocycles. The Kier molecular flexibility index (Phi) is 6.20. The SMILES string of the molecule is Cc1cc(Cl)cc(Cl)c1S(=O)(=O)N1CCCN(Cc2cccnc2)CC1. The van der Waals surface area contributed by atoms with Crippen molar-refractivity contribution in [3.63, 3.8) is 0 Å². The molecule has 0 bridgehead atoms. The minimum absolute atomic E-state index is 0.157. The van der Waals surface area contributed by atoms with Gasteiger partial charge in [0.15, 0.2) is 0 Å². The zero-order valence-electron chi connectivity index (χ0n) is 14.5. The zero-order chi connectivity index (χ0) is 18.7. The van der Waals surface area contributed by atoms with Crippen LogP contribution in [0.3, 0.4) is 0 Å². The van der Waals surface area contributed by atoms with E-state index in [0.29, 0.717) is 30.2 Å². The van der Waals surface area contributed by atoms with Crippen molar-refractivity contribution in [2.45, 2.75) is 24.8 Å². The molecule has 0 unspecified atom stereocenters. The Labute approximate surface area is 164 Å². The molecular weight excluding hydrogens is 393 g/mol. The van der Waals surface area contributed by atoms with E-state index in [1.807, 2.05) is 18.3 Å². The van der Waals surface area contributed by atoms with E-state index in [9.17, 15) is 8.42 Å². The molecule has 1 fully saturated rings. The first-order valence-corrected chi connectivity index (χ1v) is 10.6. The molecule has 8 heteroatoms. The Morgan fingerprint density at radius 1 is 1.15 bits per heavy atom. The Bertz CT molecular complexity index is 852. The first-order valence-electron chi connectivity index (χ1n) is 8.45. The van der Waals surface area contributed by atoms with Gasteiger partial charge < -0.3 is 0 Å². The summed E-state index contributed by atoms with van der Waals surface area (Å²) in [5.74, 6) is 0. The third-order valence-corrected chi connectivity index (χ3v) is 7.20. The van der Waals surface area contributed by atoms with Crippen molar-refractivity contribution in [1.29, 1.82) is 0 Å². The number of pyridine rings is 1. The molecule has 3 rings (SSSR count). The van der Waals surface area contributed by atoms with Gasteiger partial charge in [-0.1, -0.05) is 29.3 Å². The number of hydrogen-bond acceptors (Lipinski definition) is 4. The molecule has 1 aliphatic heterocycles. The molecule has 0 amide bonds. The molecule has 26 heavy (non-hydrogen) atoms. The Balaban J connectivity index is 1.76. The fourth-order valence-electron chi connectivity index (χ4n) is 3.24. The highest BCUT2D eigenvalue weighted by Gasteiger charge is 2.30. The summed E-state index contributed by atoms with van der Waals surface area (Å²) in [6.45, 7) is 4.90.